The molecule has 1 aromatic carbocycles. The topological polar surface area (TPSA) is 92.8 Å². The second-order valence-electron chi connectivity index (χ2n) is 8.87. The first-order valence-electron chi connectivity index (χ1n) is 10.6. The van der Waals surface area contributed by atoms with E-state index in [9.17, 15) is 19.5 Å². The van der Waals surface area contributed by atoms with E-state index in [4.69, 9.17) is 4.42 Å². The van der Waals surface area contributed by atoms with Gasteiger partial charge in [0.25, 0.3) is 11.5 Å². The van der Waals surface area contributed by atoms with Crippen LogP contribution in [-0.4, -0.2) is 39.4 Å². The number of ketones is 1. The molecular weight excluding hydrogens is 408 g/mol. The van der Waals surface area contributed by atoms with Gasteiger partial charge in [0.2, 0.25) is 0 Å². The minimum Gasteiger partial charge on any atom is -0.467 e. The zero-order valence-electron chi connectivity index (χ0n) is 18.2. The molecule has 7 nitrogen and oxygen atoms in total. The minimum atomic E-state index is -0.550. The molecule has 0 saturated heterocycles. The Morgan fingerprint density at radius 3 is 2.53 bits per heavy atom. The van der Waals surface area contributed by atoms with Gasteiger partial charge in [-0.3, -0.25) is 19.0 Å². The van der Waals surface area contributed by atoms with E-state index < -0.39 is 11.5 Å². The van der Waals surface area contributed by atoms with Gasteiger partial charge in [0.05, 0.1) is 19.4 Å². The Kier molecular flexibility index (Phi) is 5.84. The predicted octanol–water partition coefficient (Wildman–Crippen LogP) is 3.22. The Morgan fingerprint density at radius 1 is 1.12 bits per heavy atom. The van der Waals surface area contributed by atoms with Crippen molar-refractivity contribution in [1.82, 2.24) is 9.47 Å². The monoisotopic (exact) mass is 434 g/mol. The van der Waals surface area contributed by atoms with Gasteiger partial charge in [0.15, 0.2) is 5.78 Å². The molecule has 166 valence electrons. The highest BCUT2D eigenvalue weighted by molar-refractivity contribution is 6.02. The van der Waals surface area contributed by atoms with E-state index in [2.05, 4.69) is 0 Å². The fourth-order valence-electron chi connectivity index (χ4n) is 4.25. The lowest BCUT2D eigenvalue weighted by atomic mass is 9.75. The smallest absolute Gasteiger partial charge is 0.268 e. The summed E-state index contributed by atoms with van der Waals surface area (Å²) in [5.74, 6) is -0.105. The number of carbonyl (C=O) groups is 2. The van der Waals surface area contributed by atoms with Crippen molar-refractivity contribution in [2.45, 2.75) is 33.2 Å². The molecular formula is C25H26N2O5. The van der Waals surface area contributed by atoms with E-state index in [1.165, 1.54) is 21.8 Å². The summed E-state index contributed by atoms with van der Waals surface area (Å²) >= 11 is 0. The van der Waals surface area contributed by atoms with Crippen LogP contribution in [0.4, 0.5) is 0 Å². The average molecular weight is 434 g/mol. The van der Waals surface area contributed by atoms with Crippen molar-refractivity contribution in [3.63, 3.8) is 0 Å². The number of rotatable bonds is 6. The molecule has 0 radical (unpaired) electrons. The van der Waals surface area contributed by atoms with Gasteiger partial charge < -0.3 is 14.4 Å². The van der Waals surface area contributed by atoms with Crippen molar-refractivity contribution in [2.24, 2.45) is 5.41 Å². The number of aliphatic hydroxyl groups is 1. The van der Waals surface area contributed by atoms with Crippen molar-refractivity contribution < 1.29 is 19.1 Å². The number of furan rings is 1. The van der Waals surface area contributed by atoms with Crippen molar-refractivity contribution in [3.8, 4) is 5.69 Å². The Morgan fingerprint density at radius 2 is 1.88 bits per heavy atom. The average Bonchev–Trinajstić information content (AvgIpc) is 3.26. The maximum Gasteiger partial charge on any atom is 0.268 e. The third-order valence-electron chi connectivity index (χ3n) is 5.72. The summed E-state index contributed by atoms with van der Waals surface area (Å²) in [6.07, 6.45) is 2.38. The summed E-state index contributed by atoms with van der Waals surface area (Å²) in [6, 6.07) is 13.9. The SMILES string of the molecule is CC1(C)CC(=O)c2cc(C(=O)N(CCO)Cc3ccco3)c(=O)n(-c3ccccc3)c2C1. The lowest BCUT2D eigenvalue weighted by Crippen LogP contribution is -2.41. The summed E-state index contributed by atoms with van der Waals surface area (Å²) in [5.41, 5.74) is 0.764. The molecule has 2 aromatic heterocycles. The van der Waals surface area contributed by atoms with Gasteiger partial charge in [-0.25, -0.2) is 0 Å². The summed E-state index contributed by atoms with van der Waals surface area (Å²) < 4.78 is 6.83. The third-order valence-corrected chi connectivity index (χ3v) is 5.72. The maximum atomic E-state index is 13.6. The van der Waals surface area contributed by atoms with Crippen LogP contribution in [0.2, 0.25) is 0 Å². The standard InChI is InChI=1S/C25H26N2O5/c1-25(2)14-21-19(22(29)15-25)13-20(24(31)27(21)17-7-4-3-5-8-17)23(30)26(10-11-28)16-18-9-6-12-32-18/h3-9,12-13,28H,10-11,14-16H2,1-2H3. The van der Waals surface area contributed by atoms with Crippen LogP contribution in [0.25, 0.3) is 5.69 Å². The second kappa shape index (κ2) is 8.59. The van der Waals surface area contributed by atoms with E-state index in [0.29, 0.717) is 35.5 Å². The zero-order chi connectivity index (χ0) is 22.9. The van der Waals surface area contributed by atoms with Gasteiger partial charge in [-0.15, -0.1) is 0 Å². The van der Waals surface area contributed by atoms with Gasteiger partial charge in [0.1, 0.15) is 11.3 Å². The highest BCUT2D eigenvalue weighted by atomic mass is 16.3. The first-order valence-corrected chi connectivity index (χ1v) is 10.6. The van der Waals surface area contributed by atoms with Crippen LogP contribution in [0.3, 0.4) is 0 Å². The molecule has 3 aromatic rings. The number of hydrogen-bond acceptors (Lipinski definition) is 5. The van der Waals surface area contributed by atoms with Crippen molar-refractivity contribution in [1.29, 1.82) is 0 Å². The number of benzene rings is 1. The summed E-state index contributed by atoms with van der Waals surface area (Å²) in [5, 5.41) is 9.49. The summed E-state index contributed by atoms with van der Waals surface area (Å²) in [4.78, 5) is 41.4. The van der Waals surface area contributed by atoms with E-state index >= 15 is 0 Å². The summed E-state index contributed by atoms with van der Waals surface area (Å²) in [7, 11) is 0. The Balaban J connectivity index is 1.88. The number of pyridine rings is 1. The number of Topliss-reactive ketones (excluding diaryl/α,β-unsaturated/α-hetero) is 1. The summed E-state index contributed by atoms with van der Waals surface area (Å²) in [6.45, 7) is 3.87. The highest BCUT2D eigenvalue weighted by Gasteiger charge is 2.35. The Labute approximate surface area is 185 Å². The minimum absolute atomic E-state index is 0.0301. The number of aliphatic hydroxyl groups excluding tert-OH is 1. The number of carbonyl (C=O) groups excluding carboxylic acids is 2. The van der Waals surface area contributed by atoms with Crippen LogP contribution < -0.4 is 5.56 Å². The van der Waals surface area contributed by atoms with Crippen LogP contribution >= 0.6 is 0 Å². The van der Waals surface area contributed by atoms with Gasteiger partial charge in [-0.05, 0) is 42.2 Å². The number of fused-ring (bicyclic) bond motifs is 1. The van der Waals surface area contributed by atoms with Gasteiger partial charge in [-0.1, -0.05) is 32.0 Å². The van der Waals surface area contributed by atoms with Crippen LogP contribution in [-0.2, 0) is 13.0 Å². The maximum absolute atomic E-state index is 13.6. The molecule has 0 atom stereocenters. The second-order valence-corrected chi connectivity index (χ2v) is 8.87. The first-order chi connectivity index (χ1) is 15.3. The van der Waals surface area contributed by atoms with Gasteiger partial charge >= 0.3 is 0 Å². The molecule has 32 heavy (non-hydrogen) atoms. The van der Waals surface area contributed by atoms with Crippen LogP contribution in [0.15, 0.2) is 64.0 Å². The third kappa shape index (κ3) is 4.16. The molecule has 4 rings (SSSR count). The fourth-order valence-corrected chi connectivity index (χ4v) is 4.25. The molecule has 0 fully saturated rings. The van der Waals surface area contributed by atoms with Crippen molar-refractivity contribution >= 4 is 11.7 Å². The number of para-hydroxylation sites is 1. The van der Waals surface area contributed by atoms with Crippen molar-refractivity contribution in [2.75, 3.05) is 13.2 Å². The molecule has 0 unspecified atom stereocenters. The first kappa shape index (κ1) is 21.8. The van der Waals surface area contributed by atoms with E-state index in [-0.39, 0.29) is 36.5 Å². The largest absolute Gasteiger partial charge is 0.467 e. The number of nitrogens with zero attached hydrogens (tertiary/aromatic N) is 2. The van der Waals surface area contributed by atoms with E-state index in [1.807, 2.05) is 32.0 Å². The van der Waals surface area contributed by atoms with Crippen molar-refractivity contribution in [3.05, 3.63) is 87.7 Å². The lowest BCUT2D eigenvalue weighted by Gasteiger charge is -2.32. The van der Waals surface area contributed by atoms with Crippen LogP contribution in [0.1, 0.15) is 52.4 Å². The van der Waals surface area contributed by atoms with Crippen LogP contribution in [0, 0.1) is 5.41 Å². The van der Waals surface area contributed by atoms with E-state index in [1.54, 1.807) is 24.3 Å². The number of hydrogen-bond donors (Lipinski definition) is 1. The number of aromatic nitrogens is 1. The molecule has 1 N–H and O–H groups in total. The lowest BCUT2D eigenvalue weighted by molar-refractivity contribution is 0.0692. The zero-order valence-corrected chi connectivity index (χ0v) is 18.2. The highest BCUT2D eigenvalue weighted by Crippen LogP contribution is 2.35. The molecule has 0 saturated carbocycles. The normalized spacial score (nSPS) is 14.8. The van der Waals surface area contributed by atoms with Gasteiger partial charge in [-0.2, -0.15) is 0 Å². The molecule has 2 heterocycles. The molecule has 1 aliphatic carbocycles. The fraction of sp³-hybridized carbons (Fsp3) is 0.320. The molecule has 1 aliphatic rings. The molecule has 1 amide bonds. The molecule has 7 heteroatoms. The quantitative estimate of drug-likeness (QED) is 0.643. The van der Waals surface area contributed by atoms with Gasteiger partial charge in [0, 0.05) is 29.9 Å². The van der Waals surface area contributed by atoms with E-state index in [0.717, 1.165) is 0 Å². The predicted molar refractivity (Wildman–Crippen MR) is 119 cm³/mol. The number of amides is 1. The Bertz CT molecular complexity index is 1190. The molecule has 0 aliphatic heterocycles. The molecule has 0 bridgehead atoms. The Hall–Kier alpha value is -3.45. The van der Waals surface area contributed by atoms with Crippen LogP contribution in [0.5, 0.6) is 0 Å². The molecule has 0 spiro atoms.